The molecule has 0 saturated carbocycles. The minimum Gasteiger partial charge on any atom is -0.623 e. The first-order valence-corrected chi connectivity index (χ1v) is 29.8. The van der Waals surface area contributed by atoms with Crippen molar-refractivity contribution in [1.29, 1.82) is 0 Å². The van der Waals surface area contributed by atoms with E-state index >= 15 is 0 Å². The Hall–Kier alpha value is -8.88. The number of aryl methyl sites for hydroxylation is 4. The summed E-state index contributed by atoms with van der Waals surface area (Å²) in [5.41, 5.74) is 5.42. The summed E-state index contributed by atoms with van der Waals surface area (Å²) < 4.78 is 39.1. The fourth-order valence-electron chi connectivity index (χ4n) is 8.58. The van der Waals surface area contributed by atoms with Crippen molar-refractivity contribution in [2.24, 2.45) is 9.98 Å². The summed E-state index contributed by atoms with van der Waals surface area (Å²) in [6.07, 6.45) is 6.39. The number of halogens is 4. The molecule has 4 heterocycles. The van der Waals surface area contributed by atoms with E-state index < -0.39 is 19.7 Å². The molecule has 2 aromatic heterocycles. The van der Waals surface area contributed by atoms with E-state index in [9.17, 15) is 40.5 Å². The molecule has 2 aliphatic rings. The number of para-hydroxylation sites is 2. The second kappa shape index (κ2) is 29.9. The number of nitro benzene ring substituents is 4. The van der Waals surface area contributed by atoms with E-state index in [0.29, 0.717) is 86.7 Å². The molecular weight excluding hydrogens is 1470 g/mol. The summed E-state index contributed by atoms with van der Waals surface area (Å²) in [5, 5.41) is 44.1. The number of aromatic nitrogens is 2. The van der Waals surface area contributed by atoms with Crippen LogP contribution in [0.4, 0.5) is 22.7 Å². The molecule has 27 heteroatoms. The number of aliphatic imine (C=N–C) groups is 2. The predicted molar refractivity (Wildman–Crippen MR) is 343 cm³/mol. The van der Waals surface area contributed by atoms with Crippen molar-refractivity contribution in [1.82, 2.24) is 9.97 Å². The summed E-state index contributed by atoms with van der Waals surface area (Å²) in [7, 11) is 0. The zero-order chi connectivity index (χ0) is 62.8. The smallest absolute Gasteiger partial charge is 0.623 e. The maximum atomic E-state index is 11.0. The molecule has 2 aliphatic heterocycles. The molecule has 10 rings (SSSR count). The fourth-order valence-corrected chi connectivity index (χ4v) is 10.1. The minimum absolute atomic E-state index is 0. The number of hydrogen-bond acceptors (Lipinski definition) is 16. The summed E-state index contributed by atoms with van der Waals surface area (Å²) in [5.74, 6) is 4.40. The van der Waals surface area contributed by atoms with Crippen molar-refractivity contribution >= 4 is 110 Å². The summed E-state index contributed by atoms with van der Waals surface area (Å²) in [6.45, 7) is 8.18. The average Bonchev–Trinajstić information content (AvgIpc) is 2.48. The Morgan fingerprint density at radius 1 is 0.427 bits per heavy atom. The third-order valence-electron chi connectivity index (χ3n) is 13.0. The fraction of sp³-hybridized carbons (Fsp3) is 0.129. The Bertz CT molecular complexity index is 3890. The standard InChI is InChI=1S/2C31H23Br2N4O7.Zn/c2*1-3-18-6-5-7-19(4-2)28(18)44-29(26-16-24(32)30(34-26)42-22-12-8-20(9-13-22)36(38)39)27-17-25(33)31(35-27)43-23-14-10-21(11-15-23)37(40)41;/h2*5-17H,3-4H2,1-2H3;/q2*-1;+2/b2*29-26+;. The summed E-state index contributed by atoms with van der Waals surface area (Å²) in [6, 6.07) is 38.1. The Labute approximate surface area is 553 Å². The van der Waals surface area contributed by atoms with Crippen LogP contribution in [0.1, 0.15) is 61.3 Å². The number of ether oxygens (including phenoxy) is 6. The van der Waals surface area contributed by atoms with Gasteiger partial charge in [-0.05, 0) is 172 Å². The number of allylic oxidation sites excluding steroid dienone is 2. The molecule has 8 aromatic rings. The zero-order valence-electron chi connectivity index (χ0n) is 47.4. The quantitative estimate of drug-likeness (QED) is 0.0297. The van der Waals surface area contributed by atoms with Gasteiger partial charge in [-0.15, -0.1) is 0 Å². The van der Waals surface area contributed by atoms with E-state index in [2.05, 4.69) is 83.7 Å². The molecule has 0 bridgehead atoms. The number of nitro groups is 4. The van der Waals surface area contributed by atoms with E-state index in [1.807, 2.05) is 64.1 Å². The maximum absolute atomic E-state index is 11.0. The van der Waals surface area contributed by atoms with Gasteiger partial charge in [-0.1, -0.05) is 87.6 Å². The topological polar surface area (TPSA) is 281 Å². The van der Waals surface area contributed by atoms with Gasteiger partial charge in [-0.25, -0.2) is 9.98 Å². The first kappa shape index (κ1) is 66.1. The van der Waals surface area contributed by atoms with E-state index in [-0.39, 0.29) is 65.8 Å². The van der Waals surface area contributed by atoms with Gasteiger partial charge >= 0.3 is 19.5 Å². The Morgan fingerprint density at radius 3 is 0.955 bits per heavy atom. The van der Waals surface area contributed by atoms with Crippen LogP contribution in [-0.2, 0) is 45.2 Å². The molecule has 0 aliphatic carbocycles. The van der Waals surface area contributed by atoms with Crippen LogP contribution in [0.2, 0.25) is 0 Å². The van der Waals surface area contributed by atoms with Crippen molar-refractivity contribution < 1.29 is 67.6 Å². The first-order valence-electron chi connectivity index (χ1n) is 26.7. The Morgan fingerprint density at radius 2 is 0.697 bits per heavy atom. The molecule has 0 radical (unpaired) electrons. The van der Waals surface area contributed by atoms with Crippen LogP contribution < -0.4 is 38.4 Å². The van der Waals surface area contributed by atoms with E-state index in [4.69, 9.17) is 28.4 Å². The number of nitrogens with zero attached hydrogens (tertiary/aromatic N) is 8. The average molecular weight is 1510 g/mol. The molecule has 6 aromatic carbocycles. The number of non-ortho nitro benzene ring substituents is 4. The van der Waals surface area contributed by atoms with Crippen molar-refractivity contribution in [2.75, 3.05) is 0 Å². The normalized spacial score (nSPS) is 13.5. The van der Waals surface area contributed by atoms with Gasteiger partial charge in [0.1, 0.15) is 57.4 Å². The maximum Gasteiger partial charge on any atom is 2.00 e. The molecule has 89 heavy (non-hydrogen) atoms. The Kier molecular flexibility index (Phi) is 22.2. The molecule has 448 valence electrons. The molecule has 0 unspecified atom stereocenters. The van der Waals surface area contributed by atoms with Gasteiger partial charge in [-0.3, -0.25) is 40.5 Å². The van der Waals surface area contributed by atoms with Gasteiger partial charge < -0.3 is 38.4 Å². The van der Waals surface area contributed by atoms with Crippen LogP contribution in [0.15, 0.2) is 197 Å². The molecule has 0 saturated heterocycles. The molecule has 22 nitrogen and oxygen atoms in total. The van der Waals surface area contributed by atoms with Crippen molar-refractivity contribution in [2.45, 2.75) is 53.4 Å². The molecule has 0 fully saturated rings. The second-order valence-electron chi connectivity index (χ2n) is 18.7. The molecule has 0 N–H and O–H groups in total. The zero-order valence-corrected chi connectivity index (χ0v) is 56.7. The van der Waals surface area contributed by atoms with Crippen LogP contribution in [0, 0.1) is 40.5 Å². The van der Waals surface area contributed by atoms with Gasteiger partial charge in [0.05, 0.1) is 28.7 Å². The monoisotopic (exact) mass is 1510 g/mol. The third kappa shape index (κ3) is 16.1. The third-order valence-corrected chi connectivity index (χ3v) is 15.3. The number of rotatable bonds is 20. The largest absolute Gasteiger partial charge is 2.00 e. The molecule has 0 amide bonds. The van der Waals surface area contributed by atoms with E-state index in [0.717, 1.165) is 47.9 Å². The van der Waals surface area contributed by atoms with Gasteiger partial charge in [0.2, 0.25) is 11.8 Å². The van der Waals surface area contributed by atoms with Crippen LogP contribution in [0.5, 0.6) is 46.3 Å². The minimum atomic E-state index is -0.486. The summed E-state index contributed by atoms with van der Waals surface area (Å²) in [4.78, 5) is 60.9. The van der Waals surface area contributed by atoms with Crippen molar-refractivity contribution in [3.63, 3.8) is 0 Å². The number of hydrogen-bond donors (Lipinski definition) is 0. The Balaban J connectivity index is 0.000000228. The van der Waals surface area contributed by atoms with Crippen molar-refractivity contribution in [3.05, 3.63) is 261 Å². The SMILES string of the molecule is CCc1cccc(CC)c1O/C(=C1\C=C(Br)C(Oc2ccc([N+](=O)[O-])cc2)=N1)c1cc(Br)c(Oc2ccc([N+](=O)[O-])cc2)[n-]1.CCc1cccc(CC)c1O/C(=C1\C=C(Br)C(Oc2ccc([N+](=O)[O-])cc2)=N1)c1cc(Br)c(Oc2ccc([N+](=O)[O-])cc2)[n-]1.[Zn+2]. The van der Waals surface area contributed by atoms with E-state index in [1.165, 1.54) is 97.1 Å². The van der Waals surface area contributed by atoms with Gasteiger partial charge in [-0.2, -0.15) is 0 Å². The molecule has 0 spiro atoms. The van der Waals surface area contributed by atoms with Gasteiger partial charge in [0, 0.05) is 69.2 Å². The van der Waals surface area contributed by atoms with Crippen LogP contribution in [0.3, 0.4) is 0 Å². The van der Waals surface area contributed by atoms with Gasteiger partial charge in [0.15, 0.2) is 0 Å². The molecular formula is C62H46Br4N8O14Zn. The van der Waals surface area contributed by atoms with E-state index in [1.54, 1.807) is 24.3 Å². The van der Waals surface area contributed by atoms with Crippen LogP contribution >= 0.6 is 63.7 Å². The molecule has 0 atom stereocenters. The summed E-state index contributed by atoms with van der Waals surface area (Å²) >= 11 is 14.0. The second-order valence-corrected chi connectivity index (χ2v) is 22.1. The first-order chi connectivity index (χ1) is 42.3. The number of benzene rings is 6. The van der Waals surface area contributed by atoms with Gasteiger partial charge in [0.25, 0.3) is 22.7 Å². The predicted octanol–water partition coefficient (Wildman–Crippen LogP) is 17.3. The van der Waals surface area contributed by atoms with Crippen LogP contribution in [-0.4, -0.2) is 31.5 Å². The van der Waals surface area contributed by atoms with Crippen LogP contribution in [0.25, 0.3) is 11.5 Å². The van der Waals surface area contributed by atoms with Crippen molar-refractivity contribution in [3.8, 4) is 46.3 Å².